The molecule has 2 amide bonds. The standard InChI is InChI=1S/C23H24ClN5O3S/c1-4-18(21(31)25-15-8-6-7-14(24)12-15)33-23-27-22(32)20(28-29-23)16-11-13(3)9-10-17(16)26-19(30)5-2/h6-12,18H,4-5H2,1-3H3,(H,25,31)(H,26,30)(H,27,29,32). The fourth-order valence-corrected chi connectivity index (χ4v) is 4.03. The van der Waals surface area contributed by atoms with Gasteiger partial charge in [0.2, 0.25) is 11.8 Å². The predicted octanol–water partition coefficient (Wildman–Crippen LogP) is 4.65. The molecule has 0 fully saturated rings. The van der Waals surface area contributed by atoms with Gasteiger partial charge >= 0.3 is 0 Å². The first kappa shape index (κ1) is 24.5. The van der Waals surface area contributed by atoms with E-state index in [0.717, 1.165) is 17.3 Å². The molecule has 1 heterocycles. The largest absolute Gasteiger partial charge is 0.325 e. The van der Waals surface area contributed by atoms with Gasteiger partial charge in [-0.15, -0.1) is 10.2 Å². The maximum Gasteiger partial charge on any atom is 0.278 e. The van der Waals surface area contributed by atoms with Crippen molar-refractivity contribution in [3.63, 3.8) is 0 Å². The van der Waals surface area contributed by atoms with Gasteiger partial charge in [0, 0.05) is 22.7 Å². The lowest BCUT2D eigenvalue weighted by atomic mass is 10.1. The number of halogens is 1. The Balaban J connectivity index is 1.82. The number of anilines is 2. The maximum absolute atomic E-state index is 12.8. The number of amides is 2. The van der Waals surface area contributed by atoms with Gasteiger partial charge in [-0.1, -0.05) is 54.9 Å². The smallest absolute Gasteiger partial charge is 0.278 e. The van der Waals surface area contributed by atoms with E-state index < -0.39 is 10.8 Å². The van der Waals surface area contributed by atoms with Gasteiger partial charge in [-0.25, -0.2) is 0 Å². The first-order chi connectivity index (χ1) is 15.8. The Kier molecular flexibility index (Phi) is 8.24. The summed E-state index contributed by atoms with van der Waals surface area (Å²) >= 11 is 7.09. The highest BCUT2D eigenvalue weighted by Gasteiger charge is 2.21. The number of hydrogen-bond acceptors (Lipinski definition) is 6. The van der Waals surface area contributed by atoms with Crippen LogP contribution in [0, 0.1) is 6.92 Å². The van der Waals surface area contributed by atoms with Crippen LogP contribution < -0.4 is 16.2 Å². The molecule has 172 valence electrons. The van der Waals surface area contributed by atoms with Crippen LogP contribution in [-0.4, -0.2) is 32.2 Å². The van der Waals surface area contributed by atoms with Gasteiger partial charge in [-0.3, -0.25) is 19.4 Å². The third kappa shape index (κ3) is 6.43. The minimum absolute atomic E-state index is 0.0888. The summed E-state index contributed by atoms with van der Waals surface area (Å²) in [7, 11) is 0. The zero-order valence-electron chi connectivity index (χ0n) is 18.4. The molecule has 3 N–H and O–H groups in total. The topological polar surface area (TPSA) is 117 Å². The van der Waals surface area contributed by atoms with Crippen molar-refractivity contribution >= 4 is 46.6 Å². The molecular weight excluding hydrogens is 462 g/mol. The molecule has 0 aliphatic carbocycles. The normalized spacial score (nSPS) is 11.6. The fraction of sp³-hybridized carbons (Fsp3) is 0.261. The van der Waals surface area contributed by atoms with E-state index in [2.05, 4.69) is 25.8 Å². The van der Waals surface area contributed by atoms with E-state index >= 15 is 0 Å². The van der Waals surface area contributed by atoms with E-state index in [-0.39, 0.29) is 22.7 Å². The molecule has 10 heteroatoms. The lowest BCUT2D eigenvalue weighted by molar-refractivity contribution is -0.116. The number of thioether (sulfide) groups is 1. The highest BCUT2D eigenvalue weighted by atomic mass is 35.5. The van der Waals surface area contributed by atoms with E-state index in [1.165, 1.54) is 0 Å². The van der Waals surface area contributed by atoms with Crippen molar-refractivity contribution in [2.75, 3.05) is 10.6 Å². The maximum atomic E-state index is 12.8. The van der Waals surface area contributed by atoms with E-state index in [1.807, 2.05) is 19.9 Å². The van der Waals surface area contributed by atoms with Crippen LogP contribution in [0.15, 0.2) is 52.4 Å². The summed E-state index contributed by atoms with van der Waals surface area (Å²) in [6, 6.07) is 12.2. The third-order valence-electron chi connectivity index (χ3n) is 4.71. The third-order valence-corrected chi connectivity index (χ3v) is 6.19. The number of H-pyrrole nitrogens is 1. The van der Waals surface area contributed by atoms with Crippen molar-refractivity contribution < 1.29 is 9.59 Å². The Labute approximate surface area is 200 Å². The summed E-state index contributed by atoms with van der Waals surface area (Å²) in [6.45, 7) is 5.49. The number of aromatic amines is 1. The molecular formula is C23H24ClN5O3S. The van der Waals surface area contributed by atoms with Gasteiger partial charge in [0.15, 0.2) is 10.9 Å². The van der Waals surface area contributed by atoms with Gasteiger partial charge < -0.3 is 10.6 Å². The number of aromatic nitrogens is 3. The number of rotatable bonds is 8. The lowest BCUT2D eigenvalue weighted by Gasteiger charge is -2.14. The van der Waals surface area contributed by atoms with Gasteiger partial charge in [-0.2, -0.15) is 0 Å². The van der Waals surface area contributed by atoms with Crippen molar-refractivity contribution in [3.8, 4) is 11.3 Å². The molecule has 3 aromatic rings. The molecule has 1 atom stereocenters. The van der Waals surface area contributed by atoms with Crippen LogP contribution in [0.5, 0.6) is 0 Å². The zero-order chi connectivity index (χ0) is 24.0. The summed E-state index contributed by atoms with van der Waals surface area (Å²) in [4.78, 5) is 40.1. The molecule has 3 rings (SSSR count). The van der Waals surface area contributed by atoms with Crippen LogP contribution in [0.3, 0.4) is 0 Å². The molecule has 1 unspecified atom stereocenters. The molecule has 0 spiro atoms. The van der Waals surface area contributed by atoms with Crippen LogP contribution in [0.25, 0.3) is 11.3 Å². The predicted molar refractivity (Wildman–Crippen MR) is 132 cm³/mol. The number of hydrogen-bond donors (Lipinski definition) is 3. The number of carbonyl (C=O) groups excluding carboxylic acids is 2. The Morgan fingerprint density at radius 2 is 1.91 bits per heavy atom. The highest BCUT2D eigenvalue weighted by molar-refractivity contribution is 8.00. The van der Waals surface area contributed by atoms with Crippen LogP contribution in [0.1, 0.15) is 32.3 Å². The van der Waals surface area contributed by atoms with E-state index in [9.17, 15) is 14.4 Å². The Morgan fingerprint density at radius 1 is 1.12 bits per heavy atom. The van der Waals surface area contributed by atoms with Gasteiger partial charge in [0.1, 0.15) is 0 Å². The van der Waals surface area contributed by atoms with Crippen LogP contribution in [0.2, 0.25) is 5.02 Å². The van der Waals surface area contributed by atoms with Crippen LogP contribution in [-0.2, 0) is 9.59 Å². The van der Waals surface area contributed by atoms with E-state index in [1.54, 1.807) is 43.3 Å². The molecule has 1 aromatic heterocycles. The fourth-order valence-electron chi connectivity index (χ4n) is 3.00. The van der Waals surface area contributed by atoms with Gasteiger partial charge in [-0.05, 0) is 43.7 Å². The van der Waals surface area contributed by atoms with Crippen LogP contribution in [0.4, 0.5) is 11.4 Å². The van der Waals surface area contributed by atoms with Crippen molar-refractivity contribution in [2.45, 2.75) is 44.0 Å². The first-order valence-electron chi connectivity index (χ1n) is 10.4. The molecule has 0 radical (unpaired) electrons. The van der Waals surface area contributed by atoms with Crippen molar-refractivity contribution in [2.24, 2.45) is 0 Å². The quantitative estimate of drug-likeness (QED) is 0.400. The van der Waals surface area contributed by atoms with Crippen molar-refractivity contribution in [3.05, 3.63) is 63.4 Å². The molecule has 0 saturated heterocycles. The summed E-state index contributed by atoms with van der Waals surface area (Å²) in [5.41, 5.74) is 2.08. The van der Waals surface area contributed by atoms with Crippen molar-refractivity contribution in [1.29, 1.82) is 0 Å². The average Bonchev–Trinajstić information content (AvgIpc) is 2.78. The first-order valence-corrected chi connectivity index (χ1v) is 11.7. The second-order valence-electron chi connectivity index (χ2n) is 7.27. The van der Waals surface area contributed by atoms with Crippen LogP contribution >= 0.6 is 23.4 Å². The van der Waals surface area contributed by atoms with E-state index in [0.29, 0.717) is 34.8 Å². The molecule has 0 saturated carbocycles. The average molecular weight is 486 g/mol. The summed E-state index contributed by atoms with van der Waals surface area (Å²) in [6.07, 6.45) is 0.814. The minimum Gasteiger partial charge on any atom is -0.325 e. The number of benzene rings is 2. The lowest BCUT2D eigenvalue weighted by Crippen LogP contribution is -2.25. The molecule has 2 aromatic carbocycles. The Bertz CT molecular complexity index is 1230. The minimum atomic E-state index is -0.502. The SMILES string of the molecule is CCC(=O)Nc1ccc(C)cc1-c1nnc(SC(CC)C(=O)Nc2cccc(Cl)c2)[nH]c1=O. The highest BCUT2D eigenvalue weighted by Crippen LogP contribution is 2.27. The second kappa shape index (κ2) is 11.1. The Morgan fingerprint density at radius 3 is 2.58 bits per heavy atom. The number of nitrogens with zero attached hydrogens (tertiary/aromatic N) is 2. The molecule has 0 bridgehead atoms. The second-order valence-corrected chi connectivity index (χ2v) is 8.90. The molecule has 33 heavy (non-hydrogen) atoms. The number of carbonyl (C=O) groups is 2. The number of nitrogens with one attached hydrogen (secondary N) is 3. The molecule has 0 aliphatic heterocycles. The summed E-state index contributed by atoms with van der Waals surface area (Å²) in [5.74, 6) is -0.409. The molecule has 8 nitrogen and oxygen atoms in total. The van der Waals surface area contributed by atoms with E-state index in [4.69, 9.17) is 11.6 Å². The monoisotopic (exact) mass is 485 g/mol. The zero-order valence-corrected chi connectivity index (χ0v) is 20.0. The van der Waals surface area contributed by atoms with Crippen molar-refractivity contribution in [1.82, 2.24) is 15.2 Å². The summed E-state index contributed by atoms with van der Waals surface area (Å²) in [5, 5.41) is 14.1. The molecule has 0 aliphatic rings. The van der Waals surface area contributed by atoms with Gasteiger partial charge in [0.25, 0.3) is 5.56 Å². The number of aryl methyl sites for hydroxylation is 1. The Hall–Kier alpha value is -3.17. The van der Waals surface area contributed by atoms with Gasteiger partial charge in [0.05, 0.1) is 10.9 Å². The summed E-state index contributed by atoms with van der Waals surface area (Å²) < 4.78 is 0.